The minimum atomic E-state index is -0.143. The number of anilines is 2. The summed E-state index contributed by atoms with van der Waals surface area (Å²) in [6.45, 7) is 42.4. The van der Waals surface area contributed by atoms with Gasteiger partial charge in [-0.2, -0.15) is 0 Å². The maximum atomic E-state index is 5.40. The summed E-state index contributed by atoms with van der Waals surface area (Å²) in [5.41, 5.74) is 16.5. The van der Waals surface area contributed by atoms with E-state index in [1.165, 1.54) is 16.7 Å². The number of nitrogens with zero attached hydrogens (tertiary/aromatic N) is 5. The molecule has 0 fully saturated rings. The van der Waals surface area contributed by atoms with Crippen molar-refractivity contribution < 1.29 is 0 Å². The smallest absolute Gasteiger partial charge is 0.241 e. The number of aromatic nitrogens is 4. The van der Waals surface area contributed by atoms with Crippen LogP contribution in [0.3, 0.4) is 0 Å². The molecule has 0 amide bonds. The molecule has 7 aromatic rings. The highest BCUT2D eigenvalue weighted by atomic mass is 15.2. The molecule has 0 saturated carbocycles. The van der Waals surface area contributed by atoms with Crippen LogP contribution in [-0.4, -0.2) is 26.2 Å². The SMILES string of the molecule is C=CC1=C(CC)N(C(=C)/C=C\C)c2cc(-n3c4ccccc4c4cccc(-c5nc(-c6ccc(C(C)(C)C)cc6)nc(-c6ccc(C(C)(C)C)cc6)n5)c43)cc(NC(=C)/C=C\C)c2B1/C=C/C(=C\CCC)C(C)(C)C. The van der Waals surface area contributed by atoms with Gasteiger partial charge in [0.05, 0.1) is 16.7 Å². The van der Waals surface area contributed by atoms with Gasteiger partial charge in [-0.15, -0.1) is 5.98 Å². The van der Waals surface area contributed by atoms with Gasteiger partial charge in [0.2, 0.25) is 6.71 Å². The van der Waals surface area contributed by atoms with Gasteiger partial charge in [0, 0.05) is 55.9 Å². The molecule has 0 aliphatic carbocycles. The Morgan fingerprint density at radius 1 is 0.680 bits per heavy atom. The highest BCUT2D eigenvalue weighted by Crippen LogP contribution is 2.43. The molecule has 8 rings (SSSR count). The molecule has 5 aromatic carbocycles. The van der Waals surface area contributed by atoms with E-state index < -0.39 is 0 Å². The van der Waals surface area contributed by atoms with Crippen molar-refractivity contribution in [2.45, 2.75) is 120 Å². The molecule has 6 nitrogen and oxygen atoms in total. The van der Waals surface area contributed by atoms with Crippen LogP contribution in [0, 0.1) is 5.41 Å². The molecule has 1 aliphatic rings. The first-order valence-corrected chi connectivity index (χ1v) is 26.9. The summed E-state index contributed by atoms with van der Waals surface area (Å²) < 4.78 is 2.40. The van der Waals surface area contributed by atoms with Crippen LogP contribution in [0.2, 0.25) is 0 Å². The Bertz CT molecular complexity index is 3390. The maximum Gasteiger partial charge on any atom is 0.241 e. The summed E-state index contributed by atoms with van der Waals surface area (Å²) in [5.74, 6) is 4.21. The fourth-order valence-corrected chi connectivity index (χ4v) is 10.4. The van der Waals surface area contributed by atoms with E-state index in [9.17, 15) is 0 Å². The molecule has 3 heterocycles. The molecule has 1 N–H and O–H groups in total. The number of hydrogen-bond acceptors (Lipinski definition) is 5. The Morgan fingerprint density at radius 3 is 1.81 bits per heavy atom. The monoisotopic (exact) mass is 989 g/mol. The lowest BCUT2D eigenvalue weighted by atomic mass is 9.37. The number of para-hydroxylation sites is 2. The van der Waals surface area contributed by atoms with Gasteiger partial charge in [0.15, 0.2) is 17.5 Å². The van der Waals surface area contributed by atoms with Crippen LogP contribution < -0.4 is 15.7 Å². The minimum absolute atomic E-state index is 0.00385. The largest absolute Gasteiger partial charge is 0.356 e. The molecular formula is C68H77BN6. The predicted octanol–water partition coefficient (Wildman–Crippen LogP) is 17.9. The molecular weight excluding hydrogens is 912 g/mol. The summed E-state index contributed by atoms with van der Waals surface area (Å²) >= 11 is 0. The van der Waals surface area contributed by atoms with Crippen molar-refractivity contribution in [3.8, 4) is 39.9 Å². The molecule has 7 heteroatoms. The third-order valence-corrected chi connectivity index (χ3v) is 14.3. The van der Waals surface area contributed by atoms with Crippen molar-refractivity contribution in [1.29, 1.82) is 0 Å². The van der Waals surface area contributed by atoms with E-state index in [0.29, 0.717) is 17.5 Å². The van der Waals surface area contributed by atoms with E-state index in [2.05, 4.69) is 238 Å². The van der Waals surface area contributed by atoms with Gasteiger partial charge >= 0.3 is 0 Å². The third kappa shape index (κ3) is 11.0. The van der Waals surface area contributed by atoms with Crippen LogP contribution in [-0.2, 0) is 10.8 Å². The van der Waals surface area contributed by atoms with Crippen molar-refractivity contribution in [3.63, 3.8) is 0 Å². The quantitative estimate of drug-likeness (QED) is 0.0819. The minimum Gasteiger partial charge on any atom is -0.356 e. The Morgan fingerprint density at radius 2 is 1.27 bits per heavy atom. The number of rotatable bonds is 15. The summed E-state index contributed by atoms with van der Waals surface area (Å²) in [5, 5.41) is 6.05. The fourth-order valence-electron chi connectivity index (χ4n) is 10.4. The molecule has 0 saturated heterocycles. The number of fused-ring (bicyclic) bond motifs is 4. The van der Waals surface area contributed by atoms with E-state index in [1.54, 1.807) is 0 Å². The van der Waals surface area contributed by atoms with Gasteiger partial charge in [-0.05, 0) is 102 Å². The zero-order chi connectivity index (χ0) is 54.0. The zero-order valence-corrected chi connectivity index (χ0v) is 47.0. The predicted molar refractivity (Wildman–Crippen MR) is 326 cm³/mol. The third-order valence-electron chi connectivity index (χ3n) is 14.3. The van der Waals surface area contributed by atoms with E-state index >= 15 is 0 Å². The first-order chi connectivity index (χ1) is 35.7. The highest BCUT2D eigenvalue weighted by Gasteiger charge is 2.36. The lowest BCUT2D eigenvalue weighted by Crippen LogP contribution is -2.44. The molecule has 0 unspecified atom stereocenters. The number of hydrogen-bond donors (Lipinski definition) is 1. The Kier molecular flexibility index (Phi) is 15.6. The summed E-state index contributed by atoms with van der Waals surface area (Å²) in [6.07, 6.45) is 17.9. The first-order valence-electron chi connectivity index (χ1n) is 26.9. The van der Waals surface area contributed by atoms with Crippen molar-refractivity contribution in [3.05, 3.63) is 211 Å². The van der Waals surface area contributed by atoms with Crippen LogP contribution in [0.4, 0.5) is 11.4 Å². The summed E-state index contributed by atoms with van der Waals surface area (Å²) in [4.78, 5) is 18.4. The topological polar surface area (TPSA) is 58.9 Å². The van der Waals surface area contributed by atoms with E-state index in [4.69, 9.17) is 21.5 Å². The molecule has 1 aliphatic heterocycles. The molecule has 382 valence electrons. The summed E-state index contributed by atoms with van der Waals surface area (Å²) in [6, 6.07) is 37.2. The lowest BCUT2D eigenvalue weighted by molar-refractivity contribution is 0.514. The molecule has 0 atom stereocenters. The van der Waals surface area contributed by atoms with Crippen LogP contribution in [0.1, 0.15) is 120 Å². The molecule has 0 spiro atoms. The number of unbranched alkanes of at least 4 members (excludes halogenated alkanes) is 1. The molecule has 2 aromatic heterocycles. The van der Waals surface area contributed by atoms with Gasteiger partial charge < -0.3 is 14.8 Å². The summed E-state index contributed by atoms with van der Waals surface area (Å²) in [7, 11) is 0. The van der Waals surface area contributed by atoms with Crippen molar-refractivity contribution >= 4 is 45.4 Å². The first kappa shape index (κ1) is 53.8. The number of allylic oxidation sites excluding steroid dienone is 10. The van der Waals surface area contributed by atoms with Gasteiger partial charge in [-0.3, -0.25) is 0 Å². The average molecular weight is 989 g/mol. The average Bonchev–Trinajstić information content (AvgIpc) is 3.72. The second kappa shape index (κ2) is 21.8. The van der Waals surface area contributed by atoms with Crippen LogP contribution in [0.5, 0.6) is 0 Å². The van der Waals surface area contributed by atoms with Crippen molar-refractivity contribution in [1.82, 2.24) is 19.5 Å². The highest BCUT2D eigenvalue weighted by molar-refractivity contribution is 6.87. The molecule has 75 heavy (non-hydrogen) atoms. The number of nitrogens with one attached hydrogen (secondary N) is 1. The Hall–Kier alpha value is -7.51. The van der Waals surface area contributed by atoms with Gasteiger partial charge in [-0.25, -0.2) is 15.0 Å². The van der Waals surface area contributed by atoms with Crippen LogP contribution in [0.15, 0.2) is 200 Å². The van der Waals surface area contributed by atoms with E-state index in [-0.39, 0.29) is 23.0 Å². The van der Waals surface area contributed by atoms with Crippen LogP contribution in [0.25, 0.3) is 61.7 Å². The zero-order valence-electron chi connectivity index (χ0n) is 47.0. The van der Waals surface area contributed by atoms with Gasteiger partial charge in [0.1, 0.15) is 0 Å². The Balaban J connectivity index is 1.47. The van der Waals surface area contributed by atoms with Gasteiger partial charge in [0.25, 0.3) is 0 Å². The Labute approximate surface area is 448 Å². The second-order valence-electron chi connectivity index (χ2n) is 22.9. The van der Waals surface area contributed by atoms with Gasteiger partial charge in [-0.1, -0.05) is 217 Å². The number of benzene rings is 5. The van der Waals surface area contributed by atoms with E-state index in [0.717, 1.165) is 103 Å². The standard InChI is InChI=1S/C68H77BN6/c1-17-22-28-49(66(8,9)10)41-42-69-56(20-4)58(21-5)74(46(7)27-19-3)60-44-52(43-57(61(60)69)70-45(6)26-18-2)75-59-32-24-23-29-53(59)54-30-25-31-55(62(54)75)65-72-63(47-33-37-50(38-34-47)67(11,12)13)71-64(73-65)48-35-39-51(40-36-48)68(14,15)16/h18-20,23-44,70H,4,6-7,17,21-22H2,1-3,5,8-16H3/b26-18-,27-19-,42-41+,49-28+. The van der Waals surface area contributed by atoms with Crippen molar-refractivity contribution in [2.24, 2.45) is 5.41 Å². The molecule has 0 radical (unpaired) electrons. The van der Waals surface area contributed by atoms with Crippen LogP contribution >= 0.6 is 0 Å². The fraction of sp³-hybridized carbons (Fsp3) is 0.279. The molecule has 0 bridgehead atoms. The second-order valence-corrected chi connectivity index (χ2v) is 22.9. The van der Waals surface area contributed by atoms with Crippen molar-refractivity contribution in [2.75, 3.05) is 10.2 Å². The lowest BCUT2D eigenvalue weighted by Gasteiger charge is -2.39. The normalized spacial score (nSPS) is 13.8. The van der Waals surface area contributed by atoms with E-state index in [1.807, 2.05) is 32.1 Å². The maximum absolute atomic E-state index is 5.40.